The van der Waals surface area contributed by atoms with Crippen LogP contribution in [-0.2, 0) is 0 Å². The minimum absolute atomic E-state index is 0.272. The van der Waals surface area contributed by atoms with Crippen LogP contribution in [-0.4, -0.2) is 27.9 Å². The second-order valence-electron chi connectivity index (χ2n) is 4.19. The molecule has 0 amide bonds. The highest BCUT2D eigenvalue weighted by Crippen LogP contribution is 2.32. The van der Waals surface area contributed by atoms with Crippen molar-refractivity contribution >= 4 is 11.5 Å². The van der Waals surface area contributed by atoms with Gasteiger partial charge in [-0.15, -0.1) is 0 Å². The van der Waals surface area contributed by atoms with Crippen molar-refractivity contribution in [2.24, 2.45) is 5.73 Å². The van der Waals surface area contributed by atoms with Gasteiger partial charge in [-0.25, -0.2) is 4.37 Å². The van der Waals surface area contributed by atoms with Crippen molar-refractivity contribution in [3.8, 4) is 0 Å². The van der Waals surface area contributed by atoms with Crippen molar-refractivity contribution in [3.05, 3.63) is 17.1 Å². The van der Waals surface area contributed by atoms with E-state index in [1.54, 1.807) is 0 Å². The molecule has 1 aliphatic rings. The van der Waals surface area contributed by atoms with Gasteiger partial charge in [0.2, 0.25) is 0 Å². The maximum atomic E-state index is 6.13. The molecule has 0 aliphatic carbocycles. The van der Waals surface area contributed by atoms with Crippen LogP contribution >= 0.6 is 11.5 Å². The largest absolute Gasteiger partial charge is 0.326 e. The second-order valence-corrected chi connectivity index (χ2v) is 4.84. The van der Waals surface area contributed by atoms with Crippen LogP contribution in [0.4, 0.5) is 0 Å². The third-order valence-corrected chi connectivity index (χ3v) is 3.54. The zero-order valence-electron chi connectivity index (χ0n) is 8.68. The fourth-order valence-electron chi connectivity index (χ4n) is 2.22. The summed E-state index contributed by atoms with van der Waals surface area (Å²) in [5, 5.41) is 2.12. The van der Waals surface area contributed by atoms with Gasteiger partial charge in [0.1, 0.15) is 0 Å². The zero-order chi connectivity index (χ0) is 10.1. The Morgan fingerprint density at radius 2 is 2.43 bits per heavy atom. The minimum atomic E-state index is 0.272. The summed E-state index contributed by atoms with van der Waals surface area (Å²) in [6.45, 7) is 5.56. The number of rotatable bonds is 2. The Kier molecular flexibility index (Phi) is 2.85. The molecule has 14 heavy (non-hydrogen) atoms. The molecule has 1 fully saturated rings. The summed E-state index contributed by atoms with van der Waals surface area (Å²) in [5.41, 5.74) is 7.42. The molecule has 2 atom stereocenters. The van der Waals surface area contributed by atoms with Crippen LogP contribution in [0.15, 0.2) is 11.6 Å². The van der Waals surface area contributed by atoms with Crippen LogP contribution in [0.1, 0.15) is 31.9 Å². The third kappa shape index (κ3) is 1.69. The first-order valence-electron chi connectivity index (χ1n) is 5.10. The molecule has 1 aromatic rings. The van der Waals surface area contributed by atoms with Crippen LogP contribution in [0.5, 0.6) is 0 Å². The summed E-state index contributed by atoms with van der Waals surface area (Å²) in [4.78, 5) is 2.47. The second kappa shape index (κ2) is 3.96. The summed E-state index contributed by atoms with van der Waals surface area (Å²) < 4.78 is 4.15. The van der Waals surface area contributed by atoms with Crippen LogP contribution in [0.3, 0.4) is 0 Å². The quantitative estimate of drug-likeness (QED) is 0.808. The summed E-state index contributed by atoms with van der Waals surface area (Å²) >= 11 is 1.51. The fraction of sp³-hybridized carbons (Fsp3) is 0.700. The highest BCUT2D eigenvalue weighted by atomic mass is 32.1. The van der Waals surface area contributed by atoms with Gasteiger partial charge < -0.3 is 5.73 Å². The predicted molar refractivity (Wildman–Crippen MR) is 59.3 cm³/mol. The summed E-state index contributed by atoms with van der Waals surface area (Å²) in [6, 6.07) is 1.22. The van der Waals surface area contributed by atoms with E-state index < -0.39 is 0 Å². The molecule has 0 aromatic carbocycles. The number of nitrogens with zero attached hydrogens (tertiary/aromatic N) is 2. The highest BCUT2D eigenvalue weighted by molar-refractivity contribution is 7.03. The van der Waals surface area contributed by atoms with E-state index >= 15 is 0 Å². The fourth-order valence-corrected chi connectivity index (χ4v) is 2.78. The molecule has 0 spiro atoms. The van der Waals surface area contributed by atoms with Crippen molar-refractivity contribution in [1.29, 1.82) is 0 Å². The van der Waals surface area contributed by atoms with Crippen molar-refractivity contribution < 1.29 is 0 Å². The van der Waals surface area contributed by atoms with Gasteiger partial charge in [-0.3, -0.25) is 4.90 Å². The molecule has 1 aliphatic heterocycles. The van der Waals surface area contributed by atoms with Gasteiger partial charge in [0.05, 0.1) is 6.04 Å². The third-order valence-electron chi connectivity index (χ3n) is 2.94. The predicted octanol–water partition coefficient (Wildman–Crippen LogP) is 1.63. The zero-order valence-corrected chi connectivity index (χ0v) is 9.50. The van der Waals surface area contributed by atoms with Crippen molar-refractivity contribution in [3.63, 3.8) is 0 Å². The molecule has 2 rings (SSSR count). The molecule has 1 saturated heterocycles. The molecule has 2 N–H and O–H groups in total. The van der Waals surface area contributed by atoms with Gasteiger partial charge in [-0.1, -0.05) is 0 Å². The normalized spacial score (nSPS) is 28.9. The summed E-state index contributed by atoms with van der Waals surface area (Å²) in [5.74, 6) is 0. The van der Waals surface area contributed by atoms with E-state index in [1.165, 1.54) is 17.1 Å². The number of nitrogens with two attached hydrogens (primary N) is 1. The lowest BCUT2D eigenvalue weighted by molar-refractivity contribution is 0.198. The van der Waals surface area contributed by atoms with E-state index in [0.717, 1.165) is 13.0 Å². The Hall–Kier alpha value is -0.450. The Balaban J connectivity index is 2.22. The summed E-state index contributed by atoms with van der Waals surface area (Å²) in [7, 11) is 0. The number of aromatic nitrogens is 1. The van der Waals surface area contributed by atoms with Gasteiger partial charge in [-0.05, 0) is 31.8 Å². The van der Waals surface area contributed by atoms with E-state index in [1.807, 2.05) is 6.20 Å². The molecular weight excluding hydrogens is 194 g/mol. The van der Waals surface area contributed by atoms with E-state index in [2.05, 4.69) is 28.5 Å². The lowest BCUT2D eigenvalue weighted by Crippen LogP contribution is -2.35. The molecule has 0 radical (unpaired) electrons. The average molecular weight is 211 g/mol. The smallest absolute Gasteiger partial charge is 0.0526 e. The van der Waals surface area contributed by atoms with Gasteiger partial charge in [0.15, 0.2) is 0 Å². The Labute approximate surface area is 89.1 Å². The topological polar surface area (TPSA) is 42.1 Å². The van der Waals surface area contributed by atoms with E-state index in [0.29, 0.717) is 12.1 Å². The van der Waals surface area contributed by atoms with E-state index in [9.17, 15) is 0 Å². The van der Waals surface area contributed by atoms with E-state index in [4.69, 9.17) is 5.73 Å². The summed E-state index contributed by atoms with van der Waals surface area (Å²) in [6.07, 6.45) is 3.05. The Morgan fingerprint density at radius 1 is 1.64 bits per heavy atom. The molecule has 0 saturated carbocycles. The standard InChI is InChI=1S/C10H17N3S/c1-7(2)13-4-3-9(11)10(13)8-5-12-14-6-8/h5-7,9-10H,3-4,11H2,1-2H3/t9-,10+/m1/s1. The van der Waals surface area contributed by atoms with Gasteiger partial charge in [0, 0.05) is 35.8 Å². The molecule has 3 nitrogen and oxygen atoms in total. The Bertz CT molecular complexity index is 284. The molecule has 4 heteroatoms. The van der Waals surface area contributed by atoms with Crippen molar-refractivity contribution in [2.75, 3.05) is 6.54 Å². The maximum Gasteiger partial charge on any atom is 0.0526 e. The highest BCUT2D eigenvalue weighted by Gasteiger charge is 2.34. The van der Waals surface area contributed by atoms with Gasteiger partial charge >= 0.3 is 0 Å². The number of likely N-dealkylation sites (tertiary alicyclic amines) is 1. The van der Waals surface area contributed by atoms with Crippen LogP contribution < -0.4 is 5.73 Å². The molecule has 0 unspecified atom stereocenters. The molecule has 2 heterocycles. The Morgan fingerprint density at radius 3 is 3.00 bits per heavy atom. The monoisotopic (exact) mass is 211 g/mol. The van der Waals surface area contributed by atoms with Crippen molar-refractivity contribution in [2.45, 2.75) is 38.4 Å². The van der Waals surface area contributed by atoms with Gasteiger partial charge in [-0.2, -0.15) is 0 Å². The average Bonchev–Trinajstić information content (AvgIpc) is 2.71. The van der Waals surface area contributed by atoms with Crippen LogP contribution in [0, 0.1) is 0 Å². The van der Waals surface area contributed by atoms with E-state index in [-0.39, 0.29) is 6.04 Å². The SMILES string of the molecule is CC(C)N1CC[C@@H](N)[C@@H]1c1cnsc1. The van der Waals surface area contributed by atoms with Crippen molar-refractivity contribution in [1.82, 2.24) is 9.27 Å². The maximum absolute atomic E-state index is 6.13. The van der Waals surface area contributed by atoms with Crippen LogP contribution in [0.2, 0.25) is 0 Å². The lowest BCUT2D eigenvalue weighted by Gasteiger charge is -2.29. The first-order chi connectivity index (χ1) is 6.70. The van der Waals surface area contributed by atoms with Crippen LogP contribution in [0.25, 0.3) is 0 Å². The first-order valence-corrected chi connectivity index (χ1v) is 5.94. The lowest BCUT2D eigenvalue weighted by atomic mass is 10.0. The molecular formula is C10H17N3S. The number of hydrogen-bond acceptors (Lipinski definition) is 4. The molecule has 1 aromatic heterocycles. The van der Waals surface area contributed by atoms with Gasteiger partial charge in [0.25, 0.3) is 0 Å². The first kappa shape index (κ1) is 10.1. The number of hydrogen-bond donors (Lipinski definition) is 1. The molecule has 78 valence electrons. The minimum Gasteiger partial charge on any atom is -0.326 e. The molecule has 0 bridgehead atoms.